The number of hydrogen-bond acceptors (Lipinski definition) is 3. The SMILES string of the molecule is CN=C(NCc1cn(C)nc1C(F)(F)F)N1CCN(Cc2cccc(C)c2)CC1.I. The number of benzene rings is 1. The summed E-state index contributed by atoms with van der Waals surface area (Å²) < 4.78 is 40.5. The largest absolute Gasteiger partial charge is 0.435 e. The van der Waals surface area contributed by atoms with Crippen molar-refractivity contribution in [3.8, 4) is 0 Å². The van der Waals surface area contributed by atoms with Gasteiger partial charge in [0, 0.05) is 65.1 Å². The summed E-state index contributed by atoms with van der Waals surface area (Å²) in [7, 11) is 3.14. The second-order valence-electron chi connectivity index (χ2n) is 7.33. The Balaban J connectivity index is 0.00000320. The fraction of sp³-hybridized carbons (Fsp3) is 0.500. The van der Waals surface area contributed by atoms with E-state index in [9.17, 15) is 13.2 Å². The molecular weight excluding hydrogens is 508 g/mol. The van der Waals surface area contributed by atoms with E-state index >= 15 is 0 Å². The molecule has 1 aliphatic rings. The number of hydrogen-bond donors (Lipinski definition) is 1. The molecule has 0 atom stereocenters. The van der Waals surface area contributed by atoms with Crippen LogP contribution in [0.5, 0.6) is 0 Å². The molecule has 2 aromatic rings. The fourth-order valence-corrected chi connectivity index (χ4v) is 3.60. The van der Waals surface area contributed by atoms with Gasteiger partial charge in [0.2, 0.25) is 0 Å². The number of rotatable bonds is 4. The number of halogens is 4. The Morgan fingerprint density at radius 3 is 2.50 bits per heavy atom. The van der Waals surface area contributed by atoms with Gasteiger partial charge in [-0.15, -0.1) is 24.0 Å². The topological polar surface area (TPSA) is 48.7 Å². The van der Waals surface area contributed by atoms with Crippen LogP contribution in [-0.2, 0) is 26.3 Å². The van der Waals surface area contributed by atoms with Crippen molar-refractivity contribution in [2.75, 3.05) is 33.2 Å². The highest BCUT2D eigenvalue weighted by Crippen LogP contribution is 2.30. The molecule has 6 nitrogen and oxygen atoms in total. The molecule has 1 saturated heterocycles. The first kappa shape index (κ1) is 24.4. The smallest absolute Gasteiger partial charge is 0.352 e. The summed E-state index contributed by atoms with van der Waals surface area (Å²) in [5.41, 5.74) is 1.79. The van der Waals surface area contributed by atoms with Gasteiger partial charge in [0.1, 0.15) is 0 Å². The molecule has 0 spiro atoms. The Morgan fingerprint density at radius 2 is 1.90 bits per heavy atom. The van der Waals surface area contributed by atoms with Crippen molar-refractivity contribution >= 4 is 29.9 Å². The standard InChI is InChI=1S/C20H27F3N6.HI/c1-15-5-4-6-16(11-15)13-28-7-9-29(10-8-28)19(24-2)25-12-17-14-27(3)26-18(17)20(21,22)23;/h4-6,11,14H,7-10,12-13H2,1-3H3,(H,24,25);1H. The molecule has 1 aromatic heterocycles. The highest BCUT2D eigenvalue weighted by atomic mass is 127. The lowest BCUT2D eigenvalue weighted by Gasteiger charge is -2.36. The minimum atomic E-state index is -4.47. The van der Waals surface area contributed by atoms with Gasteiger partial charge in [-0.25, -0.2) is 0 Å². The average molecular weight is 536 g/mol. The number of piperazine rings is 1. The van der Waals surface area contributed by atoms with E-state index in [-0.39, 0.29) is 36.1 Å². The third-order valence-corrected chi connectivity index (χ3v) is 4.98. The zero-order chi connectivity index (χ0) is 21.0. The van der Waals surface area contributed by atoms with Crippen molar-refractivity contribution in [2.24, 2.45) is 12.0 Å². The highest BCUT2D eigenvalue weighted by Gasteiger charge is 2.36. The number of aryl methyl sites for hydroxylation is 2. The van der Waals surface area contributed by atoms with Crippen LogP contribution in [0.15, 0.2) is 35.5 Å². The van der Waals surface area contributed by atoms with Gasteiger partial charge in [0.15, 0.2) is 11.7 Å². The van der Waals surface area contributed by atoms with Gasteiger partial charge in [0.05, 0.1) is 0 Å². The lowest BCUT2D eigenvalue weighted by Crippen LogP contribution is -2.52. The number of guanidine groups is 1. The summed E-state index contributed by atoms with van der Waals surface area (Å²) in [6.45, 7) is 6.29. The highest BCUT2D eigenvalue weighted by molar-refractivity contribution is 14.0. The molecule has 30 heavy (non-hydrogen) atoms. The molecule has 0 bridgehead atoms. The van der Waals surface area contributed by atoms with Crippen LogP contribution in [0.25, 0.3) is 0 Å². The van der Waals surface area contributed by atoms with Crippen LogP contribution in [0, 0.1) is 6.92 Å². The second-order valence-corrected chi connectivity index (χ2v) is 7.33. The molecule has 1 fully saturated rings. The third kappa shape index (κ3) is 6.34. The summed E-state index contributed by atoms with van der Waals surface area (Å²) in [4.78, 5) is 8.71. The summed E-state index contributed by atoms with van der Waals surface area (Å²) in [5.74, 6) is 0.609. The second kappa shape index (κ2) is 10.5. The molecule has 1 aromatic carbocycles. The monoisotopic (exact) mass is 536 g/mol. The van der Waals surface area contributed by atoms with Gasteiger partial charge >= 0.3 is 6.18 Å². The van der Waals surface area contributed by atoms with Crippen LogP contribution in [-0.4, -0.2) is 58.8 Å². The maximum atomic E-state index is 13.1. The van der Waals surface area contributed by atoms with E-state index in [1.54, 1.807) is 7.05 Å². The number of nitrogens with one attached hydrogen (secondary N) is 1. The Hall–Kier alpha value is -1.82. The Bertz CT molecular complexity index is 856. The van der Waals surface area contributed by atoms with Crippen LogP contribution in [0.1, 0.15) is 22.4 Å². The van der Waals surface area contributed by atoms with E-state index in [0.29, 0.717) is 5.96 Å². The van der Waals surface area contributed by atoms with E-state index in [1.807, 2.05) is 0 Å². The lowest BCUT2D eigenvalue weighted by atomic mass is 10.1. The predicted molar refractivity (Wildman–Crippen MR) is 122 cm³/mol. The van der Waals surface area contributed by atoms with Crippen LogP contribution in [0.3, 0.4) is 0 Å². The van der Waals surface area contributed by atoms with Crippen molar-refractivity contribution in [3.63, 3.8) is 0 Å². The molecule has 3 rings (SSSR count). The normalized spacial score (nSPS) is 15.8. The molecule has 0 saturated carbocycles. The summed E-state index contributed by atoms with van der Waals surface area (Å²) in [6, 6.07) is 8.48. The van der Waals surface area contributed by atoms with Gasteiger partial charge in [-0.1, -0.05) is 29.8 Å². The van der Waals surface area contributed by atoms with Crippen molar-refractivity contribution in [3.05, 3.63) is 52.8 Å². The molecule has 0 radical (unpaired) electrons. The molecule has 2 heterocycles. The van der Waals surface area contributed by atoms with E-state index in [4.69, 9.17) is 0 Å². The van der Waals surface area contributed by atoms with Crippen LogP contribution < -0.4 is 5.32 Å². The summed E-state index contributed by atoms with van der Waals surface area (Å²) in [5, 5.41) is 6.60. The fourth-order valence-electron chi connectivity index (χ4n) is 3.60. The Morgan fingerprint density at radius 1 is 1.20 bits per heavy atom. The molecule has 10 heteroatoms. The quantitative estimate of drug-likeness (QED) is 0.371. The van der Waals surface area contributed by atoms with E-state index in [1.165, 1.54) is 29.1 Å². The number of alkyl halides is 3. The third-order valence-electron chi connectivity index (χ3n) is 4.98. The maximum Gasteiger partial charge on any atom is 0.435 e. The molecule has 1 aliphatic heterocycles. The molecular formula is C20H28F3IN6. The molecule has 0 aliphatic carbocycles. The van der Waals surface area contributed by atoms with E-state index < -0.39 is 11.9 Å². The molecule has 166 valence electrons. The zero-order valence-electron chi connectivity index (χ0n) is 17.4. The van der Waals surface area contributed by atoms with Crippen molar-refractivity contribution in [1.29, 1.82) is 0 Å². The first-order chi connectivity index (χ1) is 13.8. The lowest BCUT2D eigenvalue weighted by molar-refractivity contribution is -0.142. The minimum Gasteiger partial charge on any atom is -0.352 e. The van der Waals surface area contributed by atoms with Crippen molar-refractivity contribution < 1.29 is 13.2 Å². The predicted octanol–water partition coefficient (Wildman–Crippen LogP) is 3.26. The maximum absolute atomic E-state index is 13.1. The Labute approximate surface area is 192 Å². The number of aliphatic imine (C=N–C) groups is 1. The number of nitrogens with zero attached hydrogens (tertiary/aromatic N) is 5. The first-order valence-corrected chi connectivity index (χ1v) is 9.59. The van der Waals surface area contributed by atoms with Gasteiger partial charge < -0.3 is 10.2 Å². The van der Waals surface area contributed by atoms with Gasteiger partial charge in [0.25, 0.3) is 0 Å². The summed E-state index contributed by atoms with van der Waals surface area (Å²) >= 11 is 0. The molecule has 1 N–H and O–H groups in total. The van der Waals surface area contributed by atoms with Gasteiger partial charge in [-0.3, -0.25) is 14.6 Å². The minimum absolute atomic E-state index is 0. The number of aromatic nitrogens is 2. The Kier molecular flexibility index (Phi) is 8.53. The zero-order valence-corrected chi connectivity index (χ0v) is 19.7. The average Bonchev–Trinajstić information content (AvgIpc) is 3.05. The van der Waals surface area contributed by atoms with E-state index in [2.05, 4.69) is 56.4 Å². The molecule has 0 amide bonds. The van der Waals surface area contributed by atoms with Crippen LogP contribution >= 0.6 is 24.0 Å². The van der Waals surface area contributed by atoms with Crippen molar-refractivity contribution in [1.82, 2.24) is 24.9 Å². The first-order valence-electron chi connectivity index (χ1n) is 9.59. The summed E-state index contributed by atoms with van der Waals surface area (Å²) in [6.07, 6.45) is -3.08. The van der Waals surface area contributed by atoms with Crippen LogP contribution in [0.2, 0.25) is 0 Å². The van der Waals surface area contributed by atoms with Crippen molar-refractivity contribution in [2.45, 2.75) is 26.2 Å². The van der Waals surface area contributed by atoms with E-state index in [0.717, 1.165) is 32.7 Å². The molecule has 0 unspecified atom stereocenters. The van der Waals surface area contributed by atoms with Crippen LogP contribution in [0.4, 0.5) is 13.2 Å². The van der Waals surface area contributed by atoms with Gasteiger partial charge in [-0.05, 0) is 12.5 Å². The van der Waals surface area contributed by atoms with Gasteiger partial charge in [-0.2, -0.15) is 18.3 Å².